The SMILES string of the molecule is CCCCC/C=C\C/C=C\C/C=C\CCCCCCC(=O)O[C@H](COC(=O)CCCCCCCCCCC/C=C\C/C=C\CCCCC)COC(=O)CCCCCCCCCCCCCCCCCCCCC. The van der Waals surface area contributed by atoms with Crippen molar-refractivity contribution in [2.24, 2.45) is 0 Å². The quantitative estimate of drug-likeness (QED) is 0.0261. The maximum atomic E-state index is 12.9. The topological polar surface area (TPSA) is 78.9 Å². The van der Waals surface area contributed by atoms with Crippen molar-refractivity contribution >= 4 is 17.9 Å². The van der Waals surface area contributed by atoms with Crippen LogP contribution in [0.3, 0.4) is 0 Å². The molecule has 0 spiro atoms. The second-order valence-electron chi connectivity index (χ2n) is 21.3. The lowest BCUT2D eigenvalue weighted by Gasteiger charge is -2.18. The summed E-state index contributed by atoms with van der Waals surface area (Å²) in [5, 5.41) is 0. The highest BCUT2D eigenvalue weighted by molar-refractivity contribution is 5.71. The largest absolute Gasteiger partial charge is 0.462 e. The zero-order valence-electron chi connectivity index (χ0n) is 48.7. The molecule has 0 aliphatic rings. The van der Waals surface area contributed by atoms with Gasteiger partial charge in [-0.25, -0.2) is 0 Å². The molecular weight excluding hydrogens is 901 g/mol. The van der Waals surface area contributed by atoms with E-state index < -0.39 is 6.10 Å². The van der Waals surface area contributed by atoms with Crippen molar-refractivity contribution in [1.29, 1.82) is 0 Å². The van der Waals surface area contributed by atoms with E-state index in [1.807, 2.05) is 0 Å². The van der Waals surface area contributed by atoms with Gasteiger partial charge in [0.25, 0.3) is 0 Å². The molecule has 0 fully saturated rings. The molecule has 0 aromatic heterocycles. The van der Waals surface area contributed by atoms with Gasteiger partial charge in [-0.1, -0.05) is 281 Å². The molecule has 0 heterocycles. The summed E-state index contributed by atoms with van der Waals surface area (Å²) in [6, 6.07) is 0. The maximum Gasteiger partial charge on any atom is 0.306 e. The van der Waals surface area contributed by atoms with Crippen molar-refractivity contribution < 1.29 is 28.6 Å². The van der Waals surface area contributed by atoms with Crippen LogP contribution in [-0.2, 0) is 28.6 Å². The van der Waals surface area contributed by atoms with Crippen LogP contribution in [-0.4, -0.2) is 37.2 Å². The molecule has 6 nitrogen and oxygen atoms in total. The van der Waals surface area contributed by atoms with Crippen LogP contribution < -0.4 is 0 Å². The van der Waals surface area contributed by atoms with Crippen molar-refractivity contribution in [1.82, 2.24) is 0 Å². The Kier molecular flexibility index (Phi) is 59.2. The van der Waals surface area contributed by atoms with Gasteiger partial charge in [0.05, 0.1) is 0 Å². The Labute approximate surface area is 453 Å². The van der Waals surface area contributed by atoms with E-state index in [0.29, 0.717) is 19.3 Å². The Morgan fingerprint density at radius 3 is 0.795 bits per heavy atom. The van der Waals surface area contributed by atoms with E-state index in [0.717, 1.165) is 89.9 Å². The van der Waals surface area contributed by atoms with Gasteiger partial charge in [-0.3, -0.25) is 14.4 Å². The van der Waals surface area contributed by atoms with Gasteiger partial charge in [0.1, 0.15) is 13.2 Å². The molecule has 0 aliphatic heterocycles. The van der Waals surface area contributed by atoms with Crippen LogP contribution in [0.4, 0.5) is 0 Å². The Morgan fingerprint density at radius 2 is 0.493 bits per heavy atom. The van der Waals surface area contributed by atoms with Gasteiger partial charge >= 0.3 is 17.9 Å². The van der Waals surface area contributed by atoms with Crippen LogP contribution in [0.2, 0.25) is 0 Å². The molecular formula is C67H120O6. The first-order valence-electron chi connectivity index (χ1n) is 31.8. The zero-order valence-corrected chi connectivity index (χ0v) is 48.7. The average molecular weight is 1020 g/mol. The standard InChI is InChI=1S/C67H120O6/c1-4-7-10-13-16-19-22-25-28-31-33-36-38-41-44-47-50-53-56-59-65(68)71-62-64(73-67(70)61-58-55-52-49-46-43-40-35-30-27-24-21-18-15-12-9-6-3)63-72-66(69)60-57-54-51-48-45-42-39-37-34-32-29-26-23-20-17-14-11-8-5-2/h16,18-19,21,25,27-28,30,40,43,64H,4-15,17,20,22-24,26,29,31-39,41-42,44-63H2,1-3H3/b19-16-,21-18-,28-25-,30-27-,43-40-/t64-/m1/s1. The Bertz CT molecular complexity index is 1310. The van der Waals surface area contributed by atoms with E-state index >= 15 is 0 Å². The minimum Gasteiger partial charge on any atom is -0.462 e. The third-order valence-electron chi connectivity index (χ3n) is 14.0. The first-order chi connectivity index (χ1) is 36.0. The fraction of sp³-hybridized carbons (Fsp3) is 0.806. The van der Waals surface area contributed by atoms with E-state index in [4.69, 9.17) is 14.2 Å². The number of carbonyl (C=O) groups is 3. The van der Waals surface area contributed by atoms with Crippen molar-refractivity contribution in [2.75, 3.05) is 13.2 Å². The lowest BCUT2D eigenvalue weighted by molar-refractivity contribution is -0.167. The number of ether oxygens (including phenoxy) is 3. The van der Waals surface area contributed by atoms with Gasteiger partial charge in [0.15, 0.2) is 6.10 Å². The summed E-state index contributed by atoms with van der Waals surface area (Å²) in [5.74, 6) is -0.889. The van der Waals surface area contributed by atoms with Crippen LogP contribution in [0.15, 0.2) is 60.8 Å². The van der Waals surface area contributed by atoms with Crippen molar-refractivity contribution in [2.45, 2.75) is 335 Å². The highest BCUT2D eigenvalue weighted by Crippen LogP contribution is 2.17. The van der Waals surface area contributed by atoms with Crippen LogP contribution in [0.5, 0.6) is 0 Å². The summed E-state index contributed by atoms with van der Waals surface area (Å²) in [4.78, 5) is 38.3. The highest BCUT2D eigenvalue weighted by Gasteiger charge is 2.19. The lowest BCUT2D eigenvalue weighted by Crippen LogP contribution is -2.30. The van der Waals surface area contributed by atoms with E-state index in [1.54, 1.807) is 0 Å². The summed E-state index contributed by atoms with van der Waals surface area (Å²) in [6.45, 7) is 6.61. The molecule has 0 amide bonds. The zero-order chi connectivity index (χ0) is 52.9. The van der Waals surface area contributed by atoms with Crippen LogP contribution in [0, 0.1) is 0 Å². The van der Waals surface area contributed by atoms with Gasteiger partial charge in [-0.05, 0) is 89.9 Å². The molecule has 73 heavy (non-hydrogen) atoms. The summed E-state index contributed by atoms with van der Waals surface area (Å²) >= 11 is 0. The molecule has 0 saturated carbocycles. The Hall–Kier alpha value is -2.89. The summed E-state index contributed by atoms with van der Waals surface area (Å²) < 4.78 is 16.9. The summed E-state index contributed by atoms with van der Waals surface area (Å²) in [5.41, 5.74) is 0. The van der Waals surface area contributed by atoms with Gasteiger partial charge < -0.3 is 14.2 Å². The fourth-order valence-electron chi connectivity index (χ4n) is 9.19. The first-order valence-corrected chi connectivity index (χ1v) is 31.8. The monoisotopic (exact) mass is 1020 g/mol. The molecule has 0 N–H and O–H groups in total. The fourth-order valence-corrected chi connectivity index (χ4v) is 9.19. The molecule has 0 saturated heterocycles. The lowest BCUT2D eigenvalue weighted by atomic mass is 10.0. The molecule has 424 valence electrons. The Balaban J connectivity index is 4.38. The van der Waals surface area contributed by atoms with E-state index in [-0.39, 0.29) is 31.1 Å². The molecule has 0 rings (SSSR count). The molecule has 0 aliphatic carbocycles. The van der Waals surface area contributed by atoms with Gasteiger partial charge in [0, 0.05) is 19.3 Å². The smallest absolute Gasteiger partial charge is 0.306 e. The van der Waals surface area contributed by atoms with E-state index in [2.05, 4.69) is 81.5 Å². The van der Waals surface area contributed by atoms with Crippen LogP contribution in [0.25, 0.3) is 0 Å². The van der Waals surface area contributed by atoms with Gasteiger partial charge in [0.2, 0.25) is 0 Å². The normalized spacial score (nSPS) is 12.4. The van der Waals surface area contributed by atoms with E-state index in [9.17, 15) is 14.4 Å². The summed E-state index contributed by atoms with van der Waals surface area (Å²) in [7, 11) is 0. The molecule has 0 aromatic carbocycles. The van der Waals surface area contributed by atoms with Crippen molar-refractivity contribution in [3.8, 4) is 0 Å². The van der Waals surface area contributed by atoms with Gasteiger partial charge in [-0.15, -0.1) is 0 Å². The molecule has 1 atom stereocenters. The number of esters is 3. The van der Waals surface area contributed by atoms with Gasteiger partial charge in [-0.2, -0.15) is 0 Å². The van der Waals surface area contributed by atoms with Crippen LogP contribution >= 0.6 is 0 Å². The minimum atomic E-state index is -0.787. The van der Waals surface area contributed by atoms with E-state index in [1.165, 1.54) is 199 Å². The third-order valence-corrected chi connectivity index (χ3v) is 14.0. The molecule has 0 unspecified atom stereocenters. The highest BCUT2D eigenvalue weighted by atomic mass is 16.6. The second kappa shape index (κ2) is 61.7. The average Bonchev–Trinajstić information content (AvgIpc) is 3.39. The number of unbranched alkanes of at least 4 members (excludes halogenated alkanes) is 37. The Morgan fingerprint density at radius 1 is 0.274 bits per heavy atom. The predicted octanol–water partition coefficient (Wildman–Crippen LogP) is 21.6. The molecule has 0 aromatic rings. The second-order valence-corrected chi connectivity index (χ2v) is 21.3. The van der Waals surface area contributed by atoms with Crippen molar-refractivity contribution in [3.05, 3.63) is 60.8 Å². The number of rotatable bonds is 58. The number of carbonyl (C=O) groups excluding carboxylic acids is 3. The predicted molar refractivity (Wildman–Crippen MR) is 316 cm³/mol. The number of hydrogen-bond acceptors (Lipinski definition) is 6. The number of allylic oxidation sites excluding steroid dienone is 10. The minimum absolute atomic E-state index is 0.0815. The van der Waals surface area contributed by atoms with Crippen molar-refractivity contribution in [3.63, 3.8) is 0 Å². The number of hydrogen-bond donors (Lipinski definition) is 0. The first kappa shape index (κ1) is 70.1. The third kappa shape index (κ3) is 59.9. The summed E-state index contributed by atoms with van der Waals surface area (Å²) in [6.07, 6.45) is 77.9. The molecule has 0 radical (unpaired) electrons. The molecule has 6 heteroatoms. The molecule has 0 bridgehead atoms. The van der Waals surface area contributed by atoms with Crippen LogP contribution in [0.1, 0.15) is 329 Å². The maximum absolute atomic E-state index is 12.9.